The number of urea groups is 1. The summed E-state index contributed by atoms with van der Waals surface area (Å²) in [5.41, 5.74) is 1.65. The predicted octanol–water partition coefficient (Wildman–Crippen LogP) is 2.07. The third-order valence-corrected chi connectivity index (χ3v) is 6.97. The lowest BCUT2D eigenvalue weighted by Gasteiger charge is -2.32. The molecule has 180 valence electrons. The van der Waals surface area contributed by atoms with Crippen LogP contribution < -0.4 is 16.1 Å². The van der Waals surface area contributed by atoms with E-state index in [1.165, 1.54) is 12.8 Å². The second-order valence-electron chi connectivity index (χ2n) is 9.49. The quantitative estimate of drug-likeness (QED) is 0.349. The maximum Gasteiger partial charge on any atom is 0.344 e. The molecular formula is C23H39N5O4. The average Bonchev–Trinajstić information content (AvgIpc) is 3.02. The van der Waals surface area contributed by atoms with Crippen LogP contribution in [0.1, 0.15) is 84.0 Å². The molecule has 1 spiro atoms. The van der Waals surface area contributed by atoms with Crippen LogP contribution in [0.4, 0.5) is 4.79 Å². The molecule has 1 saturated carbocycles. The standard InChI is InChI=1S/C23H39N5O4/c1-2-3-4-8-14-24-20(30)18-10-9-15-27(17-18)16-11-19(29)26-28-21(31)23(25-22(28)32)12-6-5-7-13-23/h18H,2-17H2,1H3,(H,24,30)(H,25,32)(H,26,29). The first-order valence-electron chi connectivity index (χ1n) is 12.4. The molecule has 0 radical (unpaired) electrons. The van der Waals surface area contributed by atoms with E-state index in [1.807, 2.05) is 0 Å². The topological polar surface area (TPSA) is 111 Å². The normalized spacial score (nSPS) is 23.3. The smallest absolute Gasteiger partial charge is 0.344 e. The fourth-order valence-corrected chi connectivity index (χ4v) is 5.04. The van der Waals surface area contributed by atoms with Crippen LogP contribution in [0.25, 0.3) is 0 Å². The van der Waals surface area contributed by atoms with Gasteiger partial charge in [-0.1, -0.05) is 45.4 Å². The molecule has 0 aromatic heterocycles. The fourth-order valence-electron chi connectivity index (χ4n) is 5.04. The summed E-state index contributed by atoms with van der Waals surface area (Å²) in [4.78, 5) is 52.1. The minimum atomic E-state index is -0.841. The molecule has 0 bridgehead atoms. The molecule has 1 unspecified atom stereocenters. The third kappa shape index (κ3) is 6.21. The van der Waals surface area contributed by atoms with Crippen LogP contribution in [0, 0.1) is 5.92 Å². The van der Waals surface area contributed by atoms with Gasteiger partial charge >= 0.3 is 6.03 Å². The fraction of sp³-hybridized carbons (Fsp3) is 0.826. The van der Waals surface area contributed by atoms with Gasteiger partial charge in [0.1, 0.15) is 5.54 Å². The zero-order valence-electron chi connectivity index (χ0n) is 19.4. The lowest BCUT2D eigenvalue weighted by atomic mass is 9.82. The van der Waals surface area contributed by atoms with Crippen molar-refractivity contribution in [3.63, 3.8) is 0 Å². The maximum atomic E-state index is 12.8. The van der Waals surface area contributed by atoms with Crippen LogP contribution in [0.2, 0.25) is 0 Å². The summed E-state index contributed by atoms with van der Waals surface area (Å²) >= 11 is 0. The van der Waals surface area contributed by atoms with Gasteiger partial charge in [0, 0.05) is 26.1 Å². The Hall–Kier alpha value is -2.16. The average molecular weight is 450 g/mol. The largest absolute Gasteiger partial charge is 0.356 e. The molecule has 0 aromatic carbocycles. The minimum absolute atomic E-state index is 0.0462. The van der Waals surface area contributed by atoms with E-state index < -0.39 is 11.6 Å². The van der Waals surface area contributed by atoms with E-state index in [2.05, 4.69) is 27.9 Å². The number of unbranched alkanes of at least 4 members (excludes halogenated alkanes) is 3. The van der Waals surface area contributed by atoms with Crippen molar-refractivity contribution in [3.8, 4) is 0 Å². The maximum absolute atomic E-state index is 12.8. The van der Waals surface area contributed by atoms with Gasteiger partial charge in [0.05, 0.1) is 5.92 Å². The van der Waals surface area contributed by atoms with Crippen molar-refractivity contribution in [2.24, 2.45) is 5.92 Å². The number of likely N-dealkylation sites (tertiary alicyclic amines) is 1. The molecule has 3 fully saturated rings. The van der Waals surface area contributed by atoms with E-state index in [9.17, 15) is 19.2 Å². The van der Waals surface area contributed by atoms with Crippen molar-refractivity contribution in [1.29, 1.82) is 0 Å². The van der Waals surface area contributed by atoms with Crippen molar-refractivity contribution in [2.45, 2.75) is 89.5 Å². The van der Waals surface area contributed by atoms with Crippen LogP contribution >= 0.6 is 0 Å². The first-order chi connectivity index (χ1) is 15.4. The number of carbonyl (C=O) groups is 4. The van der Waals surface area contributed by atoms with E-state index in [1.54, 1.807) is 0 Å². The number of rotatable bonds is 10. The number of piperidine rings is 1. The highest BCUT2D eigenvalue weighted by Crippen LogP contribution is 2.33. The Labute approximate surface area is 191 Å². The molecule has 3 aliphatic rings. The lowest BCUT2D eigenvalue weighted by molar-refractivity contribution is -0.140. The Bertz CT molecular complexity index is 692. The molecule has 2 heterocycles. The molecule has 2 aliphatic heterocycles. The monoisotopic (exact) mass is 449 g/mol. The number of hydrogen-bond donors (Lipinski definition) is 3. The highest BCUT2D eigenvalue weighted by molar-refractivity contribution is 6.08. The highest BCUT2D eigenvalue weighted by Gasteiger charge is 2.52. The zero-order chi connectivity index (χ0) is 23.0. The summed E-state index contributed by atoms with van der Waals surface area (Å²) < 4.78 is 0. The number of nitrogens with one attached hydrogen (secondary N) is 3. The third-order valence-electron chi connectivity index (χ3n) is 6.97. The SMILES string of the molecule is CCCCCCNC(=O)C1CCCN(CCC(=O)NN2C(=O)NC3(CCCCC3)C2=O)C1. The van der Waals surface area contributed by atoms with Crippen LogP contribution in [0.5, 0.6) is 0 Å². The minimum Gasteiger partial charge on any atom is -0.356 e. The number of amides is 5. The summed E-state index contributed by atoms with van der Waals surface area (Å²) in [6.45, 7) is 4.88. The van der Waals surface area contributed by atoms with Crippen molar-refractivity contribution in [3.05, 3.63) is 0 Å². The van der Waals surface area contributed by atoms with Gasteiger partial charge < -0.3 is 15.5 Å². The Morgan fingerprint density at radius 3 is 2.62 bits per heavy atom. The van der Waals surface area contributed by atoms with Gasteiger partial charge in [-0.15, -0.1) is 0 Å². The Morgan fingerprint density at radius 1 is 1.09 bits per heavy atom. The summed E-state index contributed by atoms with van der Waals surface area (Å²) in [5, 5.41) is 6.70. The second kappa shape index (κ2) is 11.6. The van der Waals surface area contributed by atoms with Crippen LogP contribution in [0.3, 0.4) is 0 Å². The van der Waals surface area contributed by atoms with E-state index in [4.69, 9.17) is 0 Å². The molecule has 9 nitrogen and oxygen atoms in total. The lowest BCUT2D eigenvalue weighted by Crippen LogP contribution is -2.51. The zero-order valence-corrected chi connectivity index (χ0v) is 19.4. The van der Waals surface area contributed by atoms with Gasteiger partial charge in [-0.25, -0.2) is 4.79 Å². The summed E-state index contributed by atoms with van der Waals surface area (Å²) in [7, 11) is 0. The molecule has 1 atom stereocenters. The number of carbonyl (C=O) groups excluding carboxylic acids is 4. The Kier molecular flexibility index (Phi) is 8.90. The first-order valence-corrected chi connectivity index (χ1v) is 12.4. The molecule has 0 aromatic rings. The molecule has 3 N–H and O–H groups in total. The number of hydrogen-bond acceptors (Lipinski definition) is 5. The number of hydrazine groups is 1. The van der Waals surface area contributed by atoms with Gasteiger partial charge in [0.15, 0.2) is 0 Å². The predicted molar refractivity (Wildman–Crippen MR) is 120 cm³/mol. The van der Waals surface area contributed by atoms with Gasteiger partial charge in [-0.05, 0) is 38.6 Å². The van der Waals surface area contributed by atoms with E-state index in [0.717, 1.165) is 63.0 Å². The second-order valence-corrected chi connectivity index (χ2v) is 9.49. The Morgan fingerprint density at radius 2 is 1.88 bits per heavy atom. The first kappa shape index (κ1) is 24.5. The van der Waals surface area contributed by atoms with Crippen LogP contribution in [0.15, 0.2) is 0 Å². The summed E-state index contributed by atoms with van der Waals surface area (Å²) in [6.07, 6.45) is 10.6. The molecular weight excluding hydrogens is 410 g/mol. The van der Waals surface area contributed by atoms with Gasteiger partial charge in [0.2, 0.25) is 11.8 Å². The highest BCUT2D eigenvalue weighted by atomic mass is 16.2. The van der Waals surface area contributed by atoms with Crippen molar-refractivity contribution >= 4 is 23.8 Å². The molecule has 9 heteroatoms. The van der Waals surface area contributed by atoms with Crippen molar-refractivity contribution in [1.82, 2.24) is 26.0 Å². The molecule has 5 amide bonds. The van der Waals surface area contributed by atoms with E-state index in [-0.39, 0.29) is 30.1 Å². The number of nitrogens with zero attached hydrogens (tertiary/aromatic N) is 2. The summed E-state index contributed by atoms with van der Waals surface area (Å²) in [6, 6.07) is -0.543. The van der Waals surface area contributed by atoms with Crippen LogP contribution in [-0.4, -0.2) is 65.4 Å². The van der Waals surface area contributed by atoms with Gasteiger partial charge in [-0.3, -0.25) is 19.8 Å². The molecule has 1 aliphatic carbocycles. The molecule has 3 rings (SSSR count). The molecule has 32 heavy (non-hydrogen) atoms. The summed E-state index contributed by atoms with van der Waals surface area (Å²) in [5.74, 6) is -0.643. The van der Waals surface area contributed by atoms with Crippen LogP contribution in [-0.2, 0) is 14.4 Å². The van der Waals surface area contributed by atoms with Crippen molar-refractivity contribution < 1.29 is 19.2 Å². The van der Waals surface area contributed by atoms with Gasteiger partial charge in [0.25, 0.3) is 5.91 Å². The van der Waals surface area contributed by atoms with E-state index >= 15 is 0 Å². The van der Waals surface area contributed by atoms with E-state index in [0.29, 0.717) is 25.9 Å². The Balaban J connectivity index is 1.39. The number of imide groups is 1. The van der Waals surface area contributed by atoms with Gasteiger partial charge in [-0.2, -0.15) is 5.01 Å². The molecule has 2 saturated heterocycles. The van der Waals surface area contributed by atoms with Crippen molar-refractivity contribution in [2.75, 3.05) is 26.2 Å².